The van der Waals surface area contributed by atoms with Gasteiger partial charge in [-0.1, -0.05) is 19.9 Å². The van der Waals surface area contributed by atoms with Crippen molar-refractivity contribution in [1.82, 2.24) is 0 Å². The summed E-state index contributed by atoms with van der Waals surface area (Å²) in [5, 5.41) is 9.86. The third-order valence-electron chi connectivity index (χ3n) is 2.23. The number of aliphatic hydroxyl groups excluding tert-OH is 1. The molecule has 0 aliphatic carbocycles. The number of rotatable bonds is 6. The van der Waals surface area contributed by atoms with Crippen molar-refractivity contribution >= 4 is 11.8 Å². The van der Waals surface area contributed by atoms with Crippen molar-refractivity contribution in [3.05, 3.63) is 29.6 Å². The zero-order valence-corrected chi connectivity index (χ0v) is 11.3. The lowest BCUT2D eigenvalue weighted by molar-refractivity contribution is 0.198. The Morgan fingerprint density at radius 2 is 2.06 bits per heavy atom. The van der Waals surface area contributed by atoms with Gasteiger partial charge in [0, 0.05) is 5.75 Å². The fourth-order valence-electron chi connectivity index (χ4n) is 1.33. The summed E-state index contributed by atoms with van der Waals surface area (Å²) in [5.41, 5.74) is 0.561. The quantitative estimate of drug-likeness (QED) is 0.793. The van der Waals surface area contributed by atoms with Crippen LogP contribution in [0.3, 0.4) is 0 Å². The maximum absolute atomic E-state index is 13.6. The Bertz CT molecular complexity index is 353. The molecule has 0 radical (unpaired) electrons. The Kier molecular flexibility index (Phi) is 5.78. The number of aliphatic hydroxyl groups is 1. The van der Waals surface area contributed by atoms with Crippen molar-refractivity contribution in [2.45, 2.75) is 32.1 Å². The van der Waals surface area contributed by atoms with Gasteiger partial charge in [-0.25, -0.2) is 4.39 Å². The lowest BCUT2D eigenvalue weighted by Crippen LogP contribution is -2.04. The van der Waals surface area contributed by atoms with E-state index in [1.807, 2.05) is 0 Å². The van der Waals surface area contributed by atoms with Gasteiger partial charge in [0.1, 0.15) is 0 Å². The summed E-state index contributed by atoms with van der Waals surface area (Å²) in [5.74, 6) is 0.673. The van der Waals surface area contributed by atoms with Crippen molar-refractivity contribution in [1.29, 1.82) is 0 Å². The predicted octanol–water partition coefficient (Wildman–Crippen LogP) is 3.40. The van der Waals surface area contributed by atoms with E-state index in [9.17, 15) is 9.50 Å². The summed E-state index contributed by atoms with van der Waals surface area (Å²) in [6.45, 7) is 6.33. The molecule has 0 saturated carbocycles. The molecule has 0 heterocycles. The van der Waals surface area contributed by atoms with Gasteiger partial charge >= 0.3 is 0 Å². The molecule has 0 amide bonds. The van der Waals surface area contributed by atoms with Crippen LogP contribution < -0.4 is 4.74 Å². The maximum Gasteiger partial charge on any atom is 0.165 e. The number of benzene rings is 1. The van der Waals surface area contributed by atoms with Gasteiger partial charge < -0.3 is 9.84 Å². The summed E-state index contributed by atoms with van der Waals surface area (Å²) in [6, 6.07) is 4.56. The van der Waals surface area contributed by atoms with Crippen LogP contribution in [0.1, 0.15) is 32.4 Å². The Morgan fingerprint density at radius 1 is 1.35 bits per heavy atom. The molecule has 96 valence electrons. The molecule has 0 saturated heterocycles. The van der Waals surface area contributed by atoms with Crippen LogP contribution >= 0.6 is 11.8 Å². The second kappa shape index (κ2) is 6.87. The highest BCUT2D eigenvalue weighted by Gasteiger charge is 2.07. The monoisotopic (exact) mass is 258 g/mol. The lowest BCUT2D eigenvalue weighted by Gasteiger charge is -2.10. The van der Waals surface area contributed by atoms with Crippen molar-refractivity contribution in [2.75, 3.05) is 12.4 Å². The largest absolute Gasteiger partial charge is 0.490 e. The molecular weight excluding hydrogens is 239 g/mol. The number of hydrogen-bond donors (Lipinski definition) is 1. The third-order valence-corrected chi connectivity index (χ3v) is 3.30. The van der Waals surface area contributed by atoms with Gasteiger partial charge in [0.25, 0.3) is 0 Å². The van der Waals surface area contributed by atoms with Gasteiger partial charge in [-0.2, -0.15) is 11.8 Å². The molecule has 0 aliphatic rings. The third kappa shape index (κ3) is 4.96. The Morgan fingerprint density at radius 3 is 2.59 bits per heavy atom. The van der Waals surface area contributed by atoms with Crippen molar-refractivity contribution in [2.24, 2.45) is 0 Å². The summed E-state index contributed by atoms with van der Waals surface area (Å²) in [6.07, 6.45) is -0.657. The minimum Gasteiger partial charge on any atom is -0.490 e. The highest BCUT2D eigenvalue weighted by Crippen LogP contribution is 2.22. The van der Waals surface area contributed by atoms with E-state index < -0.39 is 11.9 Å². The smallest absolute Gasteiger partial charge is 0.165 e. The van der Waals surface area contributed by atoms with E-state index in [2.05, 4.69) is 13.8 Å². The van der Waals surface area contributed by atoms with Crippen molar-refractivity contribution in [3.8, 4) is 5.75 Å². The summed E-state index contributed by atoms with van der Waals surface area (Å²) in [4.78, 5) is 0. The Balaban J connectivity index is 2.49. The molecule has 1 N–H and O–H groups in total. The number of hydrogen-bond acceptors (Lipinski definition) is 3. The first-order valence-electron chi connectivity index (χ1n) is 5.72. The maximum atomic E-state index is 13.6. The van der Waals surface area contributed by atoms with E-state index in [0.717, 1.165) is 5.75 Å². The molecule has 0 fully saturated rings. The van der Waals surface area contributed by atoms with Gasteiger partial charge in [0.2, 0.25) is 0 Å². The SMILES string of the molecule is CC(C)SCCOc1ccc(C(C)O)cc1F. The molecule has 1 aromatic rings. The van der Waals surface area contributed by atoms with Crippen molar-refractivity contribution in [3.63, 3.8) is 0 Å². The highest BCUT2D eigenvalue weighted by atomic mass is 32.2. The molecule has 2 nitrogen and oxygen atoms in total. The first-order chi connectivity index (χ1) is 8.00. The van der Waals surface area contributed by atoms with Crippen LogP contribution in [0.2, 0.25) is 0 Å². The molecule has 1 atom stereocenters. The van der Waals surface area contributed by atoms with Crippen LogP contribution in [-0.2, 0) is 0 Å². The Hall–Kier alpha value is -0.740. The molecule has 1 rings (SSSR count). The molecule has 4 heteroatoms. The number of thioether (sulfide) groups is 1. The second-order valence-electron chi connectivity index (χ2n) is 4.13. The van der Waals surface area contributed by atoms with E-state index in [-0.39, 0.29) is 5.75 Å². The van der Waals surface area contributed by atoms with Gasteiger partial charge in [-0.15, -0.1) is 0 Å². The van der Waals surface area contributed by atoms with Crippen LogP contribution in [0, 0.1) is 5.82 Å². The van der Waals surface area contributed by atoms with E-state index in [1.165, 1.54) is 6.07 Å². The van der Waals surface area contributed by atoms with Gasteiger partial charge in [0.15, 0.2) is 11.6 Å². The molecule has 0 aromatic heterocycles. The van der Waals surface area contributed by atoms with E-state index >= 15 is 0 Å². The second-order valence-corrected chi connectivity index (χ2v) is 5.82. The van der Waals surface area contributed by atoms with Gasteiger partial charge in [0.05, 0.1) is 12.7 Å². The molecular formula is C13H19FO2S. The predicted molar refractivity (Wildman–Crippen MR) is 70.1 cm³/mol. The number of ether oxygens (including phenoxy) is 1. The molecule has 1 aromatic carbocycles. The molecule has 0 spiro atoms. The van der Waals surface area contributed by atoms with Crippen LogP contribution in [-0.4, -0.2) is 22.7 Å². The van der Waals surface area contributed by atoms with Crippen molar-refractivity contribution < 1.29 is 14.2 Å². The molecule has 1 unspecified atom stereocenters. The fourth-order valence-corrected chi connectivity index (χ4v) is 1.98. The number of halogens is 1. The average Bonchev–Trinajstić information content (AvgIpc) is 2.25. The normalized spacial score (nSPS) is 12.8. The van der Waals surface area contributed by atoms with Gasteiger partial charge in [-0.3, -0.25) is 0 Å². The minimum atomic E-state index is -0.657. The molecule has 0 aliphatic heterocycles. The summed E-state index contributed by atoms with van der Waals surface area (Å²) >= 11 is 1.78. The van der Waals surface area contributed by atoms with E-state index in [0.29, 0.717) is 17.4 Å². The molecule has 0 bridgehead atoms. The zero-order valence-electron chi connectivity index (χ0n) is 10.4. The minimum absolute atomic E-state index is 0.249. The Labute approximate surface area is 106 Å². The lowest BCUT2D eigenvalue weighted by atomic mass is 10.1. The first-order valence-corrected chi connectivity index (χ1v) is 6.77. The van der Waals surface area contributed by atoms with Crippen LogP contribution in [0.5, 0.6) is 5.75 Å². The molecule has 17 heavy (non-hydrogen) atoms. The zero-order chi connectivity index (χ0) is 12.8. The highest BCUT2D eigenvalue weighted by molar-refractivity contribution is 7.99. The first kappa shape index (κ1) is 14.3. The summed E-state index contributed by atoms with van der Waals surface area (Å²) in [7, 11) is 0. The van der Waals surface area contributed by atoms with E-state index in [4.69, 9.17) is 4.74 Å². The van der Waals surface area contributed by atoms with Crippen LogP contribution in [0.4, 0.5) is 4.39 Å². The van der Waals surface area contributed by atoms with Crippen LogP contribution in [0.15, 0.2) is 18.2 Å². The average molecular weight is 258 g/mol. The fraction of sp³-hybridized carbons (Fsp3) is 0.538. The topological polar surface area (TPSA) is 29.5 Å². The summed E-state index contributed by atoms with van der Waals surface area (Å²) < 4.78 is 18.9. The van der Waals surface area contributed by atoms with E-state index in [1.54, 1.807) is 30.8 Å². The van der Waals surface area contributed by atoms with Gasteiger partial charge in [-0.05, 0) is 29.9 Å². The van der Waals surface area contributed by atoms with Crippen LogP contribution in [0.25, 0.3) is 0 Å². The standard InChI is InChI=1S/C13H19FO2S/c1-9(2)17-7-6-16-13-5-4-11(10(3)15)8-12(13)14/h4-5,8-10,15H,6-7H2,1-3H3.